The Morgan fingerprint density at radius 1 is 0.800 bits per heavy atom. The average molecular weight is 374 g/mol. The van der Waals surface area contributed by atoms with Gasteiger partial charge in [0.1, 0.15) is 0 Å². The van der Waals surface area contributed by atoms with Gasteiger partial charge in [-0.15, -0.1) is 0 Å². The molecule has 0 saturated carbocycles. The van der Waals surface area contributed by atoms with Crippen LogP contribution < -0.4 is 56.3 Å². The van der Waals surface area contributed by atoms with Gasteiger partial charge in [0.05, 0.1) is 0 Å². The molecule has 0 aliphatic heterocycles. The van der Waals surface area contributed by atoms with E-state index in [4.69, 9.17) is 58.8 Å². The fourth-order valence-electron chi connectivity index (χ4n) is 0. The molecule has 0 aliphatic carbocycles. The predicted molar refractivity (Wildman–Crippen MR) is 49.4 cm³/mol. The Bertz CT molecular complexity index is 295. The Balaban J connectivity index is -0.0000000518. The van der Waals surface area contributed by atoms with Gasteiger partial charge >= 0.3 is 125 Å². The van der Waals surface area contributed by atoms with E-state index in [0.29, 0.717) is 0 Å². The molecule has 0 atom stereocenters. The summed E-state index contributed by atoms with van der Waals surface area (Å²) >= 11 is -0.438. The van der Waals surface area contributed by atoms with Gasteiger partial charge in [-0.3, -0.25) is 4.57 Å². The quantitative estimate of drug-likeness (QED) is 0.132. The van der Waals surface area contributed by atoms with Crippen molar-refractivity contribution in [1.82, 2.24) is 0 Å². The minimum atomic E-state index is -4.89. The van der Waals surface area contributed by atoms with Crippen molar-refractivity contribution in [1.29, 1.82) is 0 Å². The summed E-state index contributed by atoms with van der Waals surface area (Å²) in [5.41, 5.74) is 0. The van der Waals surface area contributed by atoms with Crippen molar-refractivity contribution in [2.45, 2.75) is 0 Å². The third-order valence-corrected chi connectivity index (χ3v) is 0.366. The number of carboxylic acids is 4. The minimum Gasteiger partial charge on any atom is 1.00 e. The van der Waals surface area contributed by atoms with Crippen LogP contribution in [-0.2, 0) is 23.7 Å². The number of carboxylic acid groups (broad SMARTS) is 4. The molecule has 0 rings (SSSR count). The molecule has 6 N–H and O–H groups in total. The Labute approximate surface area is 188 Å². The summed E-state index contributed by atoms with van der Waals surface area (Å²) in [4.78, 5) is 59.3. The van der Waals surface area contributed by atoms with Crippen LogP contribution in [0, 0.1) is 0 Å². The molecule has 0 spiro atoms. The van der Waals surface area contributed by atoms with Crippen LogP contribution in [0.2, 0.25) is 0 Å². The summed E-state index contributed by atoms with van der Waals surface area (Å²) < 4.78 is 18.5. The molecule has 20 heavy (non-hydrogen) atoms. The standard InChI is InChI=1S/2C2H2O4.FH.2K.H3O4P/c2*3-1(4)2(5)6;;;;1-5(2,3)4/h2*(H,3,4)(H,5,6);1H;;;(H3,1,2,3,4)/q;;;2*+1;/p-2. The summed E-state index contributed by atoms with van der Waals surface area (Å²) in [6.07, 6.45) is 0. The van der Waals surface area contributed by atoms with Gasteiger partial charge < -0.3 is 35.1 Å². The van der Waals surface area contributed by atoms with E-state index < -0.39 is 81.6 Å². The van der Waals surface area contributed by atoms with Crippen molar-refractivity contribution in [3.05, 3.63) is 0 Å². The van der Waals surface area contributed by atoms with E-state index in [-0.39, 0.29) is 51.4 Å². The summed E-state index contributed by atoms with van der Waals surface area (Å²) in [6.45, 7) is 0. The number of hydrogen-bond donors (Lipinski definition) is 6. The topological polar surface area (TPSA) is 230 Å². The molecule has 0 aromatic carbocycles. The third-order valence-electron chi connectivity index (χ3n) is 0.366. The molecule has 0 bridgehead atoms. The monoisotopic (exact) mass is 374 g/mol. The second-order valence-electron chi connectivity index (χ2n) is 1.71. The smallest absolute Gasteiger partial charge is 1.00 e. The fraction of sp³-hybridized carbons (Fsp3) is 0. The zero-order valence-corrected chi connectivity index (χ0v) is 17.1. The third kappa shape index (κ3) is 75.2. The Kier molecular flexibility index (Phi) is 33.3. The number of carbonyl (C=O) groups is 4. The second kappa shape index (κ2) is 20.2. The first-order valence-electron chi connectivity index (χ1n) is 3.35. The maximum atomic E-state index is 9.69. The zero-order valence-electron chi connectivity index (χ0n) is 9.96. The van der Waals surface area contributed by atoms with Crippen LogP contribution in [0.15, 0.2) is 0 Å². The summed E-state index contributed by atoms with van der Waals surface area (Å²) in [7, 11) is -4.89. The Morgan fingerprint density at radius 2 is 0.850 bits per heavy atom. The maximum Gasteiger partial charge on any atom is 1.00 e. The van der Waals surface area contributed by atoms with Crippen molar-refractivity contribution in [3.8, 4) is 0 Å². The van der Waals surface area contributed by atoms with Crippen LogP contribution in [0.3, 0.4) is 0 Å². The SMILES string of the molecule is O=C(O)C(=O)O.O=C(O)C(=O)O.O=P([O-])(O)O.[F][K].[K+]. The first-order chi connectivity index (χ1) is 8.29. The first-order valence-corrected chi connectivity index (χ1v) is 6.06. The molecule has 0 amide bonds. The van der Waals surface area contributed by atoms with Gasteiger partial charge in [0.2, 0.25) is 0 Å². The summed E-state index contributed by atoms with van der Waals surface area (Å²) in [5, 5.41) is 29.6. The Hall–Kier alpha value is 1.19. The van der Waals surface area contributed by atoms with E-state index in [1.807, 2.05) is 0 Å². The van der Waals surface area contributed by atoms with Crippen LogP contribution >= 0.6 is 7.82 Å². The van der Waals surface area contributed by atoms with E-state index in [1.54, 1.807) is 0 Å². The van der Waals surface area contributed by atoms with Crippen molar-refractivity contribution < 1.29 is 110 Å². The van der Waals surface area contributed by atoms with Gasteiger partial charge in [0.25, 0.3) is 7.82 Å². The molecule has 0 aromatic heterocycles. The van der Waals surface area contributed by atoms with Crippen LogP contribution in [-0.4, -0.2) is 104 Å². The van der Waals surface area contributed by atoms with Crippen molar-refractivity contribution in [2.75, 3.05) is 0 Å². The summed E-state index contributed by atoms with van der Waals surface area (Å²) in [6, 6.07) is 0. The van der Waals surface area contributed by atoms with Gasteiger partial charge in [-0.2, -0.15) is 0 Å². The number of phosphoric acid groups is 1. The number of hydrogen-bond acceptors (Lipinski definition) is 6. The molecule has 0 aliphatic rings. The van der Waals surface area contributed by atoms with Crippen molar-refractivity contribution >= 4 is 81.6 Å². The molecule has 16 heteroatoms. The van der Waals surface area contributed by atoms with Crippen LogP contribution in [0.25, 0.3) is 0 Å². The zero-order chi connectivity index (χ0) is 16.8. The van der Waals surface area contributed by atoms with E-state index in [9.17, 15) is -0.211 Å². The number of aliphatic carboxylic acids is 4. The fourth-order valence-corrected chi connectivity index (χ4v) is 0. The first kappa shape index (κ1) is 33.0. The second-order valence-corrected chi connectivity index (χ2v) is 2.69. The minimum absolute atomic E-state index is 0. The normalized spacial score (nSPS) is 7.70. The van der Waals surface area contributed by atoms with Crippen LogP contribution in [0.1, 0.15) is 0 Å². The van der Waals surface area contributed by atoms with Crippen molar-refractivity contribution in [2.24, 2.45) is 0 Å². The molecule has 0 radical (unpaired) electrons. The molecule has 0 aromatic rings. The molecular weight excluding hydrogens is 368 g/mol. The molecular formula is C4H6FK2O12P. The van der Waals surface area contributed by atoms with Gasteiger partial charge in [0, 0.05) is 0 Å². The molecule has 0 fully saturated rings. The molecule has 0 heterocycles. The van der Waals surface area contributed by atoms with Gasteiger partial charge in [-0.25, -0.2) is 19.2 Å². The number of halogens is 1. The summed E-state index contributed by atoms with van der Waals surface area (Å²) in [5.74, 6) is -7.30. The van der Waals surface area contributed by atoms with Gasteiger partial charge in [-0.1, -0.05) is 0 Å². The molecule has 108 valence electrons. The van der Waals surface area contributed by atoms with E-state index in [0.717, 1.165) is 0 Å². The predicted octanol–water partition coefficient (Wildman–Crippen LogP) is -6.21. The van der Waals surface area contributed by atoms with Crippen LogP contribution in [0.5, 0.6) is 0 Å². The average Bonchev–Trinajstić information content (AvgIpc) is 2.18. The number of rotatable bonds is 0. The molecule has 0 unspecified atom stereocenters. The van der Waals surface area contributed by atoms with E-state index in [1.165, 1.54) is 0 Å². The van der Waals surface area contributed by atoms with E-state index in [2.05, 4.69) is 0 Å². The van der Waals surface area contributed by atoms with Gasteiger partial charge in [-0.05, 0) is 0 Å². The van der Waals surface area contributed by atoms with Crippen molar-refractivity contribution in [3.63, 3.8) is 0 Å². The molecule has 0 saturated heterocycles. The van der Waals surface area contributed by atoms with E-state index >= 15 is 0 Å². The Morgan fingerprint density at radius 3 is 0.850 bits per heavy atom. The largest absolute Gasteiger partial charge is 1.00 e. The molecule has 12 nitrogen and oxygen atoms in total. The van der Waals surface area contributed by atoms with Gasteiger partial charge in [0.15, 0.2) is 0 Å². The van der Waals surface area contributed by atoms with Crippen LogP contribution in [0.4, 0.5) is -0.211 Å². The maximum absolute atomic E-state index is 9.69.